The minimum absolute atomic E-state index is 0.244. The number of nitrogens with one attached hydrogen (secondary N) is 2. The number of aryl methyl sites for hydroxylation is 1. The molecule has 0 aliphatic rings. The van der Waals surface area contributed by atoms with Crippen LogP contribution in [0.3, 0.4) is 0 Å². The van der Waals surface area contributed by atoms with Crippen LogP contribution in [0.25, 0.3) is 11.0 Å². The van der Waals surface area contributed by atoms with E-state index >= 15 is 0 Å². The molecule has 8 heteroatoms. The van der Waals surface area contributed by atoms with Crippen molar-refractivity contribution in [3.8, 4) is 0 Å². The number of thiocarbonyl (C=S) groups is 1. The summed E-state index contributed by atoms with van der Waals surface area (Å²) in [6, 6.07) is 10.9. The van der Waals surface area contributed by atoms with Crippen LogP contribution in [0.1, 0.15) is 15.9 Å². The van der Waals surface area contributed by atoms with Crippen molar-refractivity contribution in [1.82, 2.24) is 14.1 Å². The number of nitrogens with zero attached hydrogens (tertiary/aromatic N) is 2. The Labute approximate surface area is 150 Å². The molecule has 3 aromatic rings. The molecule has 116 valence electrons. The highest BCUT2D eigenvalue weighted by molar-refractivity contribution is 9.10. The van der Waals surface area contributed by atoms with E-state index in [0.29, 0.717) is 11.1 Å². The third kappa shape index (κ3) is 3.72. The highest BCUT2D eigenvalue weighted by atomic mass is 79.9. The van der Waals surface area contributed by atoms with Crippen molar-refractivity contribution in [2.45, 2.75) is 6.92 Å². The fraction of sp³-hybridized carbons (Fsp3) is 0.0667. The van der Waals surface area contributed by atoms with E-state index < -0.39 is 0 Å². The smallest absolute Gasteiger partial charge is 0.257 e. The first-order chi connectivity index (χ1) is 11.0. The van der Waals surface area contributed by atoms with Crippen molar-refractivity contribution in [3.63, 3.8) is 0 Å². The second-order valence-corrected chi connectivity index (χ2v) is 6.63. The zero-order chi connectivity index (χ0) is 16.4. The molecule has 5 nitrogen and oxygen atoms in total. The summed E-state index contributed by atoms with van der Waals surface area (Å²) < 4.78 is 9.25. The highest BCUT2D eigenvalue weighted by Crippen LogP contribution is 2.20. The number of carbonyl (C=O) groups excluding carboxylic acids is 1. The topological polar surface area (TPSA) is 66.9 Å². The molecule has 0 saturated carbocycles. The fourth-order valence-corrected chi connectivity index (χ4v) is 2.96. The van der Waals surface area contributed by atoms with Crippen molar-refractivity contribution in [1.29, 1.82) is 0 Å². The van der Waals surface area contributed by atoms with Crippen LogP contribution in [0.4, 0.5) is 5.69 Å². The second kappa shape index (κ2) is 6.69. The molecule has 0 radical (unpaired) electrons. The number of benzene rings is 2. The first kappa shape index (κ1) is 16.0. The summed E-state index contributed by atoms with van der Waals surface area (Å²) in [6.45, 7) is 1.98. The van der Waals surface area contributed by atoms with Gasteiger partial charge in [0.05, 0.1) is 11.7 Å². The molecule has 0 spiro atoms. The van der Waals surface area contributed by atoms with Crippen LogP contribution >= 0.6 is 39.9 Å². The van der Waals surface area contributed by atoms with Crippen LogP contribution < -0.4 is 10.6 Å². The van der Waals surface area contributed by atoms with Crippen LogP contribution in [-0.2, 0) is 0 Å². The molecule has 1 amide bonds. The molecular formula is C15H11BrN4OS2. The van der Waals surface area contributed by atoms with Gasteiger partial charge in [-0.1, -0.05) is 15.9 Å². The van der Waals surface area contributed by atoms with Gasteiger partial charge in [-0.15, -0.1) is 0 Å². The Hall–Kier alpha value is -1.90. The number of aromatic nitrogens is 2. The molecule has 2 aromatic carbocycles. The maximum atomic E-state index is 12.2. The maximum Gasteiger partial charge on any atom is 0.257 e. The van der Waals surface area contributed by atoms with Crippen LogP contribution in [0.15, 0.2) is 40.9 Å². The summed E-state index contributed by atoms with van der Waals surface area (Å²) in [7, 11) is 0. The second-order valence-electron chi connectivity index (χ2n) is 4.84. The van der Waals surface area contributed by atoms with Gasteiger partial charge >= 0.3 is 0 Å². The predicted octanol–water partition coefficient (Wildman–Crippen LogP) is 3.89. The van der Waals surface area contributed by atoms with Crippen LogP contribution in [0.2, 0.25) is 0 Å². The lowest BCUT2D eigenvalue weighted by Gasteiger charge is -2.10. The average molecular weight is 407 g/mol. The number of amides is 1. The first-order valence-electron chi connectivity index (χ1n) is 6.64. The lowest BCUT2D eigenvalue weighted by atomic mass is 10.2. The zero-order valence-corrected chi connectivity index (χ0v) is 15.2. The largest absolute Gasteiger partial charge is 0.332 e. The van der Waals surface area contributed by atoms with E-state index in [-0.39, 0.29) is 11.0 Å². The standard InChI is InChI=1S/C15H11BrN4OS2/c1-8-6-10(3-4-11(8)16)17-15(22)18-14(21)9-2-5-12-13(7-9)20-23-19-12/h2-7H,1H3,(H2,17,18,21,22). The molecule has 0 aliphatic carbocycles. The molecule has 0 unspecified atom stereocenters. The Balaban J connectivity index is 1.68. The van der Waals surface area contributed by atoms with Gasteiger partial charge in [-0.05, 0) is 61.1 Å². The number of rotatable bonds is 2. The maximum absolute atomic E-state index is 12.2. The number of anilines is 1. The fourth-order valence-electron chi connectivity index (χ4n) is 1.98. The molecule has 0 atom stereocenters. The van der Waals surface area contributed by atoms with E-state index in [2.05, 4.69) is 35.3 Å². The van der Waals surface area contributed by atoms with Crippen LogP contribution in [0, 0.1) is 6.92 Å². The number of halogens is 1. The Kier molecular flexibility index (Phi) is 4.65. The lowest BCUT2D eigenvalue weighted by molar-refractivity contribution is 0.0978. The number of hydrogen-bond acceptors (Lipinski definition) is 5. The van der Waals surface area contributed by atoms with E-state index in [4.69, 9.17) is 12.2 Å². The summed E-state index contributed by atoms with van der Waals surface area (Å²) in [5.41, 5.74) is 3.85. The van der Waals surface area contributed by atoms with Crippen molar-refractivity contribution in [2.24, 2.45) is 0 Å². The van der Waals surface area contributed by atoms with Crippen molar-refractivity contribution >= 4 is 67.6 Å². The van der Waals surface area contributed by atoms with Crippen LogP contribution in [-0.4, -0.2) is 19.8 Å². The monoisotopic (exact) mass is 406 g/mol. The van der Waals surface area contributed by atoms with E-state index in [1.807, 2.05) is 25.1 Å². The van der Waals surface area contributed by atoms with E-state index in [9.17, 15) is 4.79 Å². The summed E-state index contributed by atoms with van der Waals surface area (Å²) in [5, 5.41) is 5.90. The molecule has 2 N–H and O–H groups in total. The number of fused-ring (bicyclic) bond motifs is 1. The van der Waals surface area contributed by atoms with E-state index in [0.717, 1.165) is 33.0 Å². The third-order valence-electron chi connectivity index (χ3n) is 3.16. The summed E-state index contributed by atoms with van der Waals surface area (Å²) in [5.74, 6) is -0.286. The summed E-state index contributed by atoms with van der Waals surface area (Å²) >= 11 is 9.75. The van der Waals surface area contributed by atoms with Gasteiger partial charge in [0.1, 0.15) is 11.0 Å². The Morgan fingerprint density at radius 3 is 2.74 bits per heavy atom. The Morgan fingerprint density at radius 2 is 1.96 bits per heavy atom. The van der Waals surface area contributed by atoms with E-state index in [1.54, 1.807) is 18.2 Å². The molecule has 1 aromatic heterocycles. The minimum atomic E-state index is -0.286. The SMILES string of the molecule is Cc1cc(NC(=S)NC(=O)c2ccc3nsnc3c2)ccc1Br. The summed E-state index contributed by atoms with van der Waals surface area (Å²) in [6.07, 6.45) is 0. The van der Waals surface area contributed by atoms with Gasteiger partial charge in [0.2, 0.25) is 0 Å². The molecule has 23 heavy (non-hydrogen) atoms. The third-order valence-corrected chi connectivity index (χ3v) is 4.81. The number of hydrogen-bond donors (Lipinski definition) is 2. The first-order valence-corrected chi connectivity index (χ1v) is 8.57. The normalized spacial score (nSPS) is 10.5. The quantitative estimate of drug-likeness (QED) is 0.631. The molecule has 3 rings (SSSR count). The van der Waals surface area contributed by atoms with Crippen molar-refractivity contribution < 1.29 is 4.79 Å². The summed E-state index contributed by atoms with van der Waals surface area (Å²) in [4.78, 5) is 12.2. The molecule has 0 saturated heterocycles. The van der Waals surface area contributed by atoms with Gasteiger partial charge in [-0.2, -0.15) is 8.75 Å². The molecule has 1 heterocycles. The highest BCUT2D eigenvalue weighted by Gasteiger charge is 2.10. The average Bonchev–Trinajstić information content (AvgIpc) is 2.98. The molecule has 0 bridgehead atoms. The minimum Gasteiger partial charge on any atom is -0.332 e. The van der Waals surface area contributed by atoms with Gasteiger partial charge < -0.3 is 5.32 Å². The lowest BCUT2D eigenvalue weighted by Crippen LogP contribution is -2.34. The van der Waals surface area contributed by atoms with Crippen molar-refractivity contribution in [2.75, 3.05) is 5.32 Å². The Morgan fingerprint density at radius 1 is 1.17 bits per heavy atom. The molecular weight excluding hydrogens is 396 g/mol. The zero-order valence-electron chi connectivity index (χ0n) is 12.0. The van der Waals surface area contributed by atoms with Crippen LogP contribution in [0.5, 0.6) is 0 Å². The predicted molar refractivity (Wildman–Crippen MR) is 100.0 cm³/mol. The van der Waals surface area contributed by atoms with Crippen molar-refractivity contribution in [3.05, 3.63) is 52.0 Å². The Bertz CT molecular complexity index is 909. The van der Waals surface area contributed by atoms with E-state index in [1.165, 1.54) is 0 Å². The van der Waals surface area contributed by atoms with Gasteiger partial charge in [-0.25, -0.2) is 0 Å². The molecule has 0 aliphatic heterocycles. The number of carbonyl (C=O) groups is 1. The van der Waals surface area contributed by atoms with Gasteiger partial charge in [0.25, 0.3) is 5.91 Å². The van der Waals surface area contributed by atoms with Gasteiger partial charge in [0.15, 0.2) is 5.11 Å². The van der Waals surface area contributed by atoms with Gasteiger partial charge in [0, 0.05) is 15.7 Å². The molecule has 0 fully saturated rings. The van der Waals surface area contributed by atoms with Gasteiger partial charge in [-0.3, -0.25) is 10.1 Å².